The predicted molar refractivity (Wildman–Crippen MR) is 79.4 cm³/mol. The number of hydrogen-bond donors (Lipinski definition) is 2. The molecule has 0 heterocycles. The highest BCUT2D eigenvalue weighted by Gasteiger charge is 2.25. The van der Waals surface area contributed by atoms with Crippen LogP contribution in [0.3, 0.4) is 0 Å². The van der Waals surface area contributed by atoms with E-state index in [4.69, 9.17) is 5.73 Å². The number of rotatable bonds is 7. The molecule has 3 heteroatoms. The molecule has 1 aromatic rings. The van der Waals surface area contributed by atoms with Crippen molar-refractivity contribution in [1.29, 1.82) is 0 Å². The summed E-state index contributed by atoms with van der Waals surface area (Å²) in [6.45, 7) is 5.09. The third kappa shape index (κ3) is 4.00. The summed E-state index contributed by atoms with van der Waals surface area (Å²) in [6.07, 6.45) is 4.59. The SMILES string of the molecule is CCCCC(CC)(CN)Nc1ccccc1Br. The first-order valence-corrected chi connectivity index (χ1v) is 7.19. The molecule has 3 N–H and O–H groups in total. The molecule has 2 nitrogen and oxygen atoms in total. The van der Waals surface area contributed by atoms with E-state index in [-0.39, 0.29) is 5.54 Å². The third-order valence-corrected chi connectivity index (χ3v) is 4.04. The molecule has 1 unspecified atom stereocenters. The van der Waals surface area contributed by atoms with Crippen LogP contribution in [0.1, 0.15) is 39.5 Å². The lowest BCUT2D eigenvalue weighted by Crippen LogP contribution is -2.45. The van der Waals surface area contributed by atoms with Crippen LogP contribution in [0, 0.1) is 0 Å². The standard InChI is InChI=1S/C14H23BrN2/c1-3-5-10-14(4-2,11-16)17-13-9-7-6-8-12(13)15/h6-9,17H,3-5,10-11,16H2,1-2H3. The number of anilines is 1. The van der Waals surface area contributed by atoms with Gasteiger partial charge in [-0.2, -0.15) is 0 Å². The second kappa shape index (κ2) is 7.02. The zero-order valence-corrected chi connectivity index (χ0v) is 12.4. The van der Waals surface area contributed by atoms with Crippen molar-refractivity contribution in [3.8, 4) is 0 Å². The van der Waals surface area contributed by atoms with Gasteiger partial charge >= 0.3 is 0 Å². The Morgan fingerprint density at radius 1 is 1.29 bits per heavy atom. The van der Waals surface area contributed by atoms with Crippen LogP contribution >= 0.6 is 15.9 Å². The van der Waals surface area contributed by atoms with E-state index in [0.717, 1.165) is 23.0 Å². The molecule has 0 spiro atoms. The topological polar surface area (TPSA) is 38.0 Å². The lowest BCUT2D eigenvalue weighted by Gasteiger charge is -2.34. The molecule has 1 aromatic carbocycles. The van der Waals surface area contributed by atoms with Crippen LogP contribution in [0.15, 0.2) is 28.7 Å². The van der Waals surface area contributed by atoms with Gasteiger partial charge in [0.1, 0.15) is 0 Å². The molecule has 96 valence electrons. The van der Waals surface area contributed by atoms with Gasteiger partial charge in [-0.25, -0.2) is 0 Å². The van der Waals surface area contributed by atoms with Crippen LogP contribution in [0.25, 0.3) is 0 Å². The Morgan fingerprint density at radius 3 is 2.53 bits per heavy atom. The molecule has 1 atom stereocenters. The summed E-state index contributed by atoms with van der Waals surface area (Å²) in [5, 5.41) is 3.62. The molecule has 1 rings (SSSR count). The third-order valence-electron chi connectivity index (χ3n) is 3.35. The van der Waals surface area contributed by atoms with Crippen molar-refractivity contribution >= 4 is 21.6 Å². The lowest BCUT2D eigenvalue weighted by atomic mass is 9.89. The predicted octanol–water partition coefficient (Wildman–Crippen LogP) is 4.16. The van der Waals surface area contributed by atoms with Gasteiger partial charge in [0.15, 0.2) is 0 Å². The summed E-state index contributed by atoms with van der Waals surface area (Å²) >= 11 is 3.57. The first-order chi connectivity index (χ1) is 8.17. The molecule has 0 aliphatic carbocycles. The van der Waals surface area contributed by atoms with E-state index in [0.29, 0.717) is 6.54 Å². The average Bonchev–Trinajstić information content (AvgIpc) is 2.37. The van der Waals surface area contributed by atoms with E-state index in [2.05, 4.69) is 47.2 Å². The van der Waals surface area contributed by atoms with Crippen molar-refractivity contribution in [3.63, 3.8) is 0 Å². The smallest absolute Gasteiger partial charge is 0.0493 e. The first kappa shape index (κ1) is 14.5. The van der Waals surface area contributed by atoms with Crippen molar-refractivity contribution in [3.05, 3.63) is 28.7 Å². The van der Waals surface area contributed by atoms with Crippen LogP contribution in [0.5, 0.6) is 0 Å². The number of nitrogens with two attached hydrogens (primary N) is 1. The molecule has 0 saturated heterocycles. The van der Waals surface area contributed by atoms with Gasteiger partial charge in [-0.3, -0.25) is 0 Å². The fourth-order valence-electron chi connectivity index (χ4n) is 1.99. The minimum absolute atomic E-state index is 0.0277. The van der Waals surface area contributed by atoms with E-state index in [1.54, 1.807) is 0 Å². The van der Waals surface area contributed by atoms with E-state index in [1.807, 2.05) is 12.1 Å². The molecule has 17 heavy (non-hydrogen) atoms. The Hall–Kier alpha value is -0.540. The maximum atomic E-state index is 5.98. The summed E-state index contributed by atoms with van der Waals surface area (Å²) in [4.78, 5) is 0. The summed E-state index contributed by atoms with van der Waals surface area (Å²) in [5.74, 6) is 0. The molecular weight excluding hydrogens is 276 g/mol. The minimum Gasteiger partial charge on any atom is -0.377 e. The Balaban J connectivity index is 2.82. The van der Waals surface area contributed by atoms with E-state index >= 15 is 0 Å². The second-order valence-electron chi connectivity index (χ2n) is 4.55. The number of hydrogen-bond acceptors (Lipinski definition) is 2. The summed E-state index contributed by atoms with van der Waals surface area (Å²) in [5.41, 5.74) is 7.14. The van der Waals surface area contributed by atoms with Gasteiger partial charge in [-0.15, -0.1) is 0 Å². The molecule has 0 aliphatic rings. The first-order valence-electron chi connectivity index (χ1n) is 6.40. The molecule has 0 aromatic heterocycles. The maximum absolute atomic E-state index is 5.98. The second-order valence-corrected chi connectivity index (χ2v) is 5.40. The number of benzene rings is 1. The van der Waals surface area contributed by atoms with Crippen LogP contribution < -0.4 is 11.1 Å². The number of unbranched alkanes of at least 4 members (excludes halogenated alkanes) is 1. The van der Waals surface area contributed by atoms with Gasteiger partial charge in [-0.05, 0) is 40.9 Å². The fourth-order valence-corrected chi connectivity index (χ4v) is 2.37. The van der Waals surface area contributed by atoms with Crippen LogP contribution in [-0.2, 0) is 0 Å². The van der Waals surface area contributed by atoms with Crippen LogP contribution in [-0.4, -0.2) is 12.1 Å². The molecule has 0 amide bonds. The van der Waals surface area contributed by atoms with Gasteiger partial charge in [0.2, 0.25) is 0 Å². The molecule has 0 bridgehead atoms. The molecule has 0 aliphatic heterocycles. The largest absolute Gasteiger partial charge is 0.377 e. The van der Waals surface area contributed by atoms with Gasteiger partial charge in [0.05, 0.1) is 0 Å². The summed E-state index contributed by atoms with van der Waals surface area (Å²) in [6, 6.07) is 8.22. The van der Waals surface area contributed by atoms with Crippen LogP contribution in [0.4, 0.5) is 5.69 Å². The van der Waals surface area contributed by atoms with Gasteiger partial charge in [0.25, 0.3) is 0 Å². The average molecular weight is 299 g/mol. The van der Waals surface area contributed by atoms with Crippen LogP contribution in [0.2, 0.25) is 0 Å². The van der Waals surface area contributed by atoms with E-state index < -0.39 is 0 Å². The summed E-state index contributed by atoms with van der Waals surface area (Å²) < 4.78 is 1.10. The Labute approximate surface area is 113 Å². The van der Waals surface area contributed by atoms with Crippen molar-refractivity contribution in [1.82, 2.24) is 0 Å². The number of para-hydroxylation sites is 1. The maximum Gasteiger partial charge on any atom is 0.0493 e. The number of nitrogens with one attached hydrogen (secondary N) is 1. The van der Waals surface area contributed by atoms with Crippen molar-refractivity contribution in [2.24, 2.45) is 5.73 Å². The molecular formula is C14H23BrN2. The highest BCUT2D eigenvalue weighted by Crippen LogP contribution is 2.28. The fraction of sp³-hybridized carbons (Fsp3) is 0.571. The van der Waals surface area contributed by atoms with Crippen molar-refractivity contribution in [2.75, 3.05) is 11.9 Å². The van der Waals surface area contributed by atoms with Gasteiger partial charge < -0.3 is 11.1 Å². The van der Waals surface area contributed by atoms with Gasteiger partial charge in [0, 0.05) is 22.2 Å². The monoisotopic (exact) mass is 298 g/mol. The Bertz CT molecular complexity index is 335. The van der Waals surface area contributed by atoms with Crippen molar-refractivity contribution in [2.45, 2.75) is 45.1 Å². The normalized spacial score (nSPS) is 14.4. The zero-order chi connectivity index (χ0) is 12.7. The zero-order valence-electron chi connectivity index (χ0n) is 10.8. The lowest BCUT2D eigenvalue weighted by molar-refractivity contribution is 0.411. The van der Waals surface area contributed by atoms with E-state index in [9.17, 15) is 0 Å². The Morgan fingerprint density at radius 2 is 2.00 bits per heavy atom. The van der Waals surface area contributed by atoms with E-state index in [1.165, 1.54) is 12.8 Å². The highest BCUT2D eigenvalue weighted by molar-refractivity contribution is 9.10. The summed E-state index contributed by atoms with van der Waals surface area (Å²) in [7, 11) is 0. The minimum atomic E-state index is 0.0277. The number of halogens is 1. The van der Waals surface area contributed by atoms with Crippen molar-refractivity contribution < 1.29 is 0 Å². The highest BCUT2D eigenvalue weighted by atomic mass is 79.9. The molecule has 0 fully saturated rings. The van der Waals surface area contributed by atoms with Gasteiger partial charge in [-0.1, -0.05) is 38.8 Å². The molecule has 0 radical (unpaired) electrons. The quantitative estimate of drug-likeness (QED) is 0.793. The molecule has 0 saturated carbocycles. The Kier molecular flexibility index (Phi) is 6.00.